The summed E-state index contributed by atoms with van der Waals surface area (Å²) in [7, 11) is 0. The zero-order valence-corrected chi connectivity index (χ0v) is 14.8. The van der Waals surface area contributed by atoms with Crippen LogP contribution in [0.3, 0.4) is 0 Å². The Kier molecular flexibility index (Phi) is 6.17. The predicted molar refractivity (Wildman–Crippen MR) is 94.5 cm³/mol. The van der Waals surface area contributed by atoms with E-state index < -0.39 is 0 Å². The molecule has 0 saturated carbocycles. The van der Waals surface area contributed by atoms with Gasteiger partial charge in [0.15, 0.2) is 5.13 Å². The average molecular weight is 381 g/mol. The molecule has 1 aromatic carbocycles. The number of nitrogens with two attached hydrogens (primary N) is 1. The van der Waals surface area contributed by atoms with Gasteiger partial charge in [-0.15, -0.1) is 23.7 Å². The van der Waals surface area contributed by atoms with Crippen LogP contribution in [0.4, 0.5) is 5.13 Å². The number of hydrogen-bond acceptors (Lipinski definition) is 5. The van der Waals surface area contributed by atoms with Crippen molar-refractivity contribution in [1.82, 2.24) is 9.88 Å². The summed E-state index contributed by atoms with van der Waals surface area (Å²) in [4.78, 5) is 7.60. The number of halogens is 3. The first-order chi connectivity index (χ1) is 10.1. The van der Waals surface area contributed by atoms with E-state index in [1.54, 1.807) is 12.1 Å². The molecule has 2 aromatic rings. The van der Waals surface area contributed by atoms with Crippen LogP contribution in [-0.2, 0) is 6.54 Å². The topological polar surface area (TPSA) is 51.4 Å². The Labute approximate surface area is 149 Å². The molecule has 0 bridgehead atoms. The highest BCUT2D eigenvalue weighted by atomic mass is 35.5. The van der Waals surface area contributed by atoms with E-state index >= 15 is 0 Å². The molecule has 2 N–H and O–H groups in total. The number of thiazole rings is 1. The van der Waals surface area contributed by atoms with Crippen LogP contribution in [0.2, 0.25) is 10.0 Å². The third kappa shape index (κ3) is 4.40. The van der Waals surface area contributed by atoms with Crippen LogP contribution in [-0.4, -0.2) is 29.1 Å². The molecule has 4 nitrogen and oxygen atoms in total. The number of likely N-dealkylation sites (tertiary alicyclic amines) is 1. The van der Waals surface area contributed by atoms with Gasteiger partial charge in [0.25, 0.3) is 0 Å². The van der Waals surface area contributed by atoms with E-state index in [9.17, 15) is 0 Å². The Hall–Kier alpha value is -0.720. The second-order valence-corrected chi connectivity index (χ2v) is 6.97. The van der Waals surface area contributed by atoms with Crippen LogP contribution in [0.15, 0.2) is 24.4 Å². The molecule has 8 heteroatoms. The van der Waals surface area contributed by atoms with Crippen LogP contribution in [0, 0.1) is 0 Å². The van der Waals surface area contributed by atoms with Crippen molar-refractivity contribution in [2.24, 2.45) is 0 Å². The Balaban J connectivity index is 0.00000176. The van der Waals surface area contributed by atoms with Crippen molar-refractivity contribution in [1.29, 1.82) is 0 Å². The maximum atomic E-state index is 6.00. The molecule has 0 spiro atoms. The van der Waals surface area contributed by atoms with Crippen molar-refractivity contribution in [3.05, 3.63) is 39.3 Å². The predicted octanol–water partition coefficient (Wildman–Crippen LogP) is 4.11. The summed E-state index contributed by atoms with van der Waals surface area (Å²) in [5, 5.41) is 1.68. The number of rotatable bonds is 4. The zero-order valence-electron chi connectivity index (χ0n) is 11.7. The number of nitrogen functional groups attached to an aromatic ring is 1. The number of hydrogen-bond donors (Lipinski definition) is 1. The summed E-state index contributed by atoms with van der Waals surface area (Å²) in [5.41, 5.74) is 5.65. The standard InChI is InChI=1S/C14H15Cl2N3OS.ClH/c15-12-2-1-9(5-13(12)16)20-10-3-4-19(7-10)8-11-6-18-14(17)21-11;/h1-2,5-6,10H,3-4,7-8H2,(H2,17,18);1H. The van der Waals surface area contributed by atoms with Gasteiger partial charge in [-0.2, -0.15) is 0 Å². The van der Waals surface area contributed by atoms with Crippen molar-refractivity contribution < 1.29 is 4.74 Å². The van der Waals surface area contributed by atoms with E-state index in [-0.39, 0.29) is 18.5 Å². The van der Waals surface area contributed by atoms with Crippen LogP contribution >= 0.6 is 46.9 Å². The molecule has 1 saturated heterocycles. The minimum atomic E-state index is 0. The van der Waals surface area contributed by atoms with Gasteiger partial charge in [-0.25, -0.2) is 4.98 Å². The smallest absolute Gasteiger partial charge is 0.180 e. The first kappa shape index (κ1) is 17.6. The molecule has 1 aliphatic rings. The molecule has 1 fully saturated rings. The first-order valence-corrected chi connectivity index (χ1v) is 8.21. The highest BCUT2D eigenvalue weighted by Gasteiger charge is 2.24. The highest BCUT2D eigenvalue weighted by Crippen LogP contribution is 2.28. The van der Waals surface area contributed by atoms with Crippen molar-refractivity contribution >= 4 is 52.1 Å². The van der Waals surface area contributed by atoms with Gasteiger partial charge in [-0.05, 0) is 18.6 Å². The fourth-order valence-corrected chi connectivity index (χ4v) is 3.41. The number of aromatic nitrogens is 1. The highest BCUT2D eigenvalue weighted by molar-refractivity contribution is 7.15. The average Bonchev–Trinajstić information content (AvgIpc) is 3.04. The molecule has 1 atom stereocenters. The summed E-state index contributed by atoms with van der Waals surface area (Å²) in [5.74, 6) is 0.762. The lowest BCUT2D eigenvalue weighted by molar-refractivity contribution is 0.199. The lowest BCUT2D eigenvalue weighted by Gasteiger charge is -2.16. The number of anilines is 1. The SMILES string of the molecule is Cl.Nc1ncc(CN2CCC(Oc3ccc(Cl)c(Cl)c3)C2)s1. The minimum absolute atomic E-state index is 0. The second-order valence-electron chi connectivity index (χ2n) is 5.00. The van der Waals surface area contributed by atoms with Crippen LogP contribution in [0.1, 0.15) is 11.3 Å². The Morgan fingerprint density at radius 2 is 2.18 bits per heavy atom. The zero-order chi connectivity index (χ0) is 14.8. The van der Waals surface area contributed by atoms with Gasteiger partial charge in [0.2, 0.25) is 0 Å². The van der Waals surface area contributed by atoms with E-state index in [2.05, 4.69) is 9.88 Å². The van der Waals surface area contributed by atoms with Crippen molar-refractivity contribution in [2.75, 3.05) is 18.8 Å². The Bertz CT molecular complexity index is 638. The molecule has 0 radical (unpaired) electrons. The van der Waals surface area contributed by atoms with Gasteiger partial charge < -0.3 is 10.5 Å². The van der Waals surface area contributed by atoms with Gasteiger partial charge >= 0.3 is 0 Å². The molecule has 3 rings (SSSR count). The van der Waals surface area contributed by atoms with Gasteiger partial charge in [0.05, 0.1) is 10.0 Å². The molecule has 22 heavy (non-hydrogen) atoms. The number of benzene rings is 1. The summed E-state index contributed by atoms with van der Waals surface area (Å²) in [6.07, 6.45) is 3.01. The first-order valence-electron chi connectivity index (χ1n) is 6.64. The monoisotopic (exact) mass is 379 g/mol. The molecular weight excluding hydrogens is 365 g/mol. The summed E-state index contributed by atoms with van der Waals surface area (Å²) in [6.45, 7) is 2.76. The largest absolute Gasteiger partial charge is 0.489 e. The molecule has 0 aliphatic carbocycles. The fourth-order valence-electron chi connectivity index (χ4n) is 2.40. The molecule has 120 valence electrons. The van der Waals surface area contributed by atoms with Gasteiger partial charge in [0, 0.05) is 36.8 Å². The summed E-state index contributed by atoms with van der Waals surface area (Å²) in [6, 6.07) is 5.36. The Morgan fingerprint density at radius 3 is 2.86 bits per heavy atom. The van der Waals surface area contributed by atoms with Crippen LogP contribution in [0.25, 0.3) is 0 Å². The quantitative estimate of drug-likeness (QED) is 0.867. The van der Waals surface area contributed by atoms with Gasteiger partial charge in [-0.3, -0.25) is 4.90 Å². The van der Waals surface area contributed by atoms with E-state index in [4.69, 9.17) is 33.7 Å². The Morgan fingerprint density at radius 1 is 1.36 bits per heavy atom. The molecule has 0 amide bonds. The lowest BCUT2D eigenvalue weighted by atomic mass is 10.3. The molecule has 1 unspecified atom stereocenters. The van der Waals surface area contributed by atoms with E-state index in [0.717, 1.165) is 31.8 Å². The normalized spacial score (nSPS) is 18.2. The molecule has 1 aliphatic heterocycles. The molecular formula is C14H16Cl3N3OS. The molecule has 1 aromatic heterocycles. The van der Waals surface area contributed by atoms with Gasteiger partial charge in [-0.1, -0.05) is 23.2 Å². The van der Waals surface area contributed by atoms with E-state index in [0.29, 0.717) is 15.2 Å². The van der Waals surface area contributed by atoms with Crippen molar-refractivity contribution in [3.8, 4) is 5.75 Å². The lowest BCUT2D eigenvalue weighted by Crippen LogP contribution is -2.24. The van der Waals surface area contributed by atoms with Crippen molar-refractivity contribution in [2.45, 2.75) is 19.1 Å². The van der Waals surface area contributed by atoms with Crippen LogP contribution in [0.5, 0.6) is 5.75 Å². The minimum Gasteiger partial charge on any atom is -0.489 e. The van der Waals surface area contributed by atoms with Crippen molar-refractivity contribution in [3.63, 3.8) is 0 Å². The maximum Gasteiger partial charge on any atom is 0.180 e. The summed E-state index contributed by atoms with van der Waals surface area (Å²) >= 11 is 13.4. The van der Waals surface area contributed by atoms with Gasteiger partial charge in [0.1, 0.15) is 11.9 Å². The maximum absolute atomic E-state index is 6.00. The van der Waals surface area contributed by atoms with E-state index in [1.165, 1.54) is 16.2 Å². The molecule has 2 heterocycles. The second kappa shape index (κ2) is 7.70. The van der Waals surface area contributed by atoms with E-state index in [1.807, 2.05) is 12.3 Å². The fraction of sp³-hybridized carbons (Fsp3) is 0.357. The third-order valence-electron chi connectivity index (χ3n) is 3.37. The summed E-state index contributed by atoms with van der Waals surface area (Å²) < 4.78 is 5.96. The third-order valence-corrected chi connectivity index (χ3v) is 4.92. The number of nitrogens with zero attached hydrogens (tertiary/aromatic N) is 2. The van der Waals surface area contributed by atoms with Crippen LogP contribution < -0.4 is 10.5 Å². The number of ether oxygens (including phenoxy) is 1.